The van der Waals surface area contributed by atoms with Gasteiger partial charge in [0.1, 0.15) is 17.4 Å². The molecule has 0 N–H and O–H groups in total. The van der Waals surface area contributed by atoms with Crippen LogP contribution in [0, 0.1) is 11.3 Å². The van der Waals surface area contributed by atoms with Crippen molar-refractivity contribution in [3.05, 3.63) is 47.7 Å². The van der Waals surface area contributed by atoms with Crippen LogP contribution >= 0.6 is 0 Å². The number of nitriles is 1. The van der Waals surface area contributed by atoms with Crippen molar-refractivity contribution in [2.45, 2.75) is 26.2 Å². The topological polar surface area (TPSA) is 58.8 Å². The van der Waals surface area contributed by atoms with Crippen LogP contribution in [0.25, 0.3) is 0 Å². The van der Waals surface area contributed by atoms with Gasteiger partial charge in [0.2, 0.25) is 0 Å². The largest absolute Gasteiger partial charge is 0.437 e. The molecule has 1 aromatic carbocycles. The van der Waals surface area contributed by atoms with E-state index in [1.807, 2.05) is 24.3 Å². The Labute approximate surface area is 112 Å². The minimum Gasteiger partial charge on any atom is -0.437 e. The molecule has 4 heteroatoms. The molecule has 0 fully saturated rings. The summed E-state index contributed by atoms with van der Waals surface area (Å²) in [6.45, 7) is 6.40. The highest BCUT2D eigenvalue weighted by Crippen LogP contribution is 2.28. The van der Waals surface area contributed by atoms with E-state index in [0.29, 0.717) is 11.3 Å². The van der Waals surface area contributed by atoms with Gasteiger partial charge in [0, 0.05) is 0 Å². The van der Waals surface area contributed by atoms with Crippen LogP contribution in [0.1, 0.15) is 31.9 Å². The third-order valence-electron chi connectivity index (χ3n) is 2.72. The summed E-state index contributed by atoms with van der Waals surface area (Å²) in [6, 6.07) is 11.4. The third-order valence-corrected chi connectivity index (χ3v) is 2.72. The molecule has 0 aliphatic rings. The van der Waals surface area contributed by atoms with Crippen LogP contribution in [0.2, 0.25) is 0 Å². The van der Waals surface area contributed by atoms with E-state index in [1.54, 1.807) is 6.07 Å². The first-order valence-corrected chi connectivity index (χ1v) is 6.01. The molecule has 0 saturated carbocycles. The van der Waals surface area contributed by atoms with Crippen LogP contribution in [0.4, 0.5) is 0 Å². The van der Waals surface area contributed by atoms with Gasteiger partial charge < -0.3 is 4.74 Å². The number of aromatic nitrogens is 2. The summed E-state index contributed by atoms with van der Waals surface area (Å²) in [4.78, 5) is 0. The van der Waals surface area contributed by atoms with Gasteiger partial charge in [0.05, 0.1) is 6.20 Å². The molecule has 1 heterocycles. The van der Waals surface area contributed by atoms with Crippen LogP contribution in [0.15, 0.2) is 36.5 Å². The second kappa shape index (κ2) is 5.07. The molecular weight excluding hydrogens is 238 g/mol. The molecule has 2 aromatic rings. The number of hydrogen-bond acceptors (Lipinski definition) is 4. The molecule has 0 bridgehead atoms. The molecule has 0 unspecified atom stereocenters. The zero-order valence-corrected chi connectivity index (χ0v) is 11.2. The fourth-order valence-corrected chi connectivity index (χ4v) is 1.62. The average Bonchev–Trinajstić information content (AvgIpc) is 2.39. The quantitative estimate of drug-likeness (QED) is 0.822. The Kier molecular flexibility index (Phi) is 3.48. The predicted octanol–water partition coefficient (Wildman–Crippen LogP) is 3.44. The van der Waals surface area contributed by atoms with Gasteiger partial charge in [0.15, 0.2) is 0 Å². The zero-order valence-electron chi connectivity index (χ0n) is 11.2. The Balaban J connectivity index is 2.32. The SMILES string of the molecule is CC(C)(C)c1cccc(Oc2nnccc2C#N)c1. The lowest BCUT2D eigenvalue weighted by Crippen LogP contribution is -2.10. The van der Waals surface area contributed by atoms with Crippen LogP contribution < -0.4 is 4.74 Å². The molecule has 19 heavy (non-hydrogen) atoms. The Morgan fingerprint density at radius 2 is 2.00 bits per heavy atom. The van der Waals surface area contributed by atoms with Crippen LogP contribution in [-0.4, -0.2) is 10.2 Å². The van der Waals surface area contributed by atoms with Crippen molar-refractivity contribution in [1.82, 2.24) is 10.2 Å². The highest BCUT2D eigenvalue weighted by Gasteiger charge is 2.14. The Morgan fingerprint density at radius 1 is 1.21 bits per heavy atom. The van der Waals surface area contributed by atoms with E-state index in [2.05, 4.69) is 37.0 Å². The summed E-state index contributed by atoms with van der Waals surface area (Å²) in [5, 5.41) is 16.6. The average molecular weight is 253 g/mol. The molecule has 2 rings (SSSR count). The lowest BCUT2D eigenvalue weighted by molar-refractivity contribution is 0.450. The molecule has 0 aliphatic heterocycles. The second-order valence-electron chi connectivity index (χ2n) is 5.24. The standard InChI is InChI=1S/C15H15N3O/c1-15(2,3)12-5-4-6-13(9-12)19-14-11(10-16)7-8-17-18-14/h4-9H,1-3H3. The van der Waals surface area contributed by atoms with Crippen LogP contribution in [0.3, 0.4) is 0 Å². The number of benzene rings is 1. The molecule has 0 amide bonds. The van der Waals surface area contributed by atoms with E-state index in [-0.39, 0.29) is 11.3 Å². The lowest BCUT2D eigenvalue weighted by atomic mass is 9.87. The van der Waals surface area contributed by atoms with Gasteiger partial charge in [-0.2, -0.15) is 10.4 Å². The van der Waals surface area contributed by atoms with Crippen molar-refractivity contribution in [1.29, 1.82) is 5.26 Å². The minimum atomic E-state index is 0.0415. The molecule has 1 aromatic heterocycles. The molecule has 0 radical (unpaired) electrons. The molecule has 0 aliphatic carbocycles. The number of hydrogen-bond donors (Lipinski definition) is 0. The van der Waals surface area contributed by atoms with Gasteiger partial charge >= 0.3 is 0 Å². The summed E-state index contributed by atoms with van der Waals surface area (Å²) in [7, 11) is 0. The Bertz CT molecular complexity index is 624. The van der Waals surface area contributed by atoms with E-state index >= 15 is 0 Å². The highest BCUT2D eigenvalue weighted by molar-refractivity contribution is 5.40. The van der Waals surface area contributed by atoms with Crippen molar-refractivity contribution in [2.24, 2.45) is 0 Å². The van der Waals surface area contributed by atoms with Gasteiger partial charge in [-0.3, -0.25) is 0 Å². The van der Waals surface area contributed by atoms with Crippen LogP contribution in [0.5, 0.6) is 11.6 Å². The van der Waals surface area contributed by atoms with Gasteiger partial charge in [-0.25, -0.2) is 0 Å². The maximum absolute atomic E-state index is 8.98. The molecule has 0 saturated heterocycles. The molecule has 4 nitrogen and oxygen atoms in total. The molecular formula is C15H15N3O. The van der Waals surface area contributed by atoms with E-state index in [9.17, 15) is 0 Å². The number of ether oxygens (including phenoxy) is 1. The lowest BCUT2D eigenvalue weighted by Gasteiger charge is -2.19. The van der Waals surface area contributed by atoms with Gasteiger partial charge in [-0.05, 0) is 29.2 Å². The van der Waals surface area contributed by atoms with Crippen molar-refractivity contribution in [3.8, 4) is 17.7 Å². The second-order valence-corrected chi connectivity index (χ2v) is 5.24. The van der Waals surface area contributed by atoms with E-state index in [4.69, 9.17) is 10.00 Å². The number of nitrogens with zero attached hydrogens (tertiary/aromatic N) is 3. The van der Waals surface area contributed by atoms with Crippen LogP contribution in [-0.2, 0) is 5.41 Å². The maximum atomic E-state index is 8.98. The van der Waals surface area contributed by atoms with E-state index < -0.39 is 0 Å². The first-order valence-electron chi connectivity index (χ1n) is 6.01. The smallest absolute Gasteiger partial charge is 0.256 e. The monoisotopic (exact) mass is 253 g/mol. The Hall–Kier alpha value is -2.41. The summed E-state index contributed by atoms with van der Waals surface area (Å²) in [6.07, 6.45) is 1.47. The van der Waals surface area contributed by atoms with E-state index in [0.717, 1.165) is 5.56 Å². The Morgan fingerprint density at radius 3 is 2.68 bits per heavy atom. The molecule has 0 atom stereocenters. The normalized spacial score (nSPS) is 10.8. The fourth-order valence-electron chi connectivity index (χ4n) is 1.62. The van der Waals surface area contributed by atoms with Gasteiger partial charge in [-0.15, -0.1) is 5.10 Å². The summed E-state index contributed by atoms with van der Waals surface area (Å²) in [5.41, 5.74) is 1.57. The van der Waals surface area contributed by atoms with Gasteiger partial charge in [-0.1, -0.05) is 32.9 Å². The van der Waals surface area contributed by atoms with Crippen molar-refractivity contribution >= 4 is 0 Å². The first kappa shape index (κ1) is 13.0. The fraction of sp³-hybridized carbons (Fsp3) is 0.267. The summed E-state index contributed by atoms with van der Waals surface area (Å²) in [5.74, 6) is 0.889. The molecule has 0 spiro atoms. The summed E-state index contributed by atoms with van der Waals surface area (Å²) >= 11 is 0. The number of rotatable bonds is 2. The predicted molar refractivity (Wildman–Crippen MR) is 72.0 cm³/mol. The minimum absolute atomic E-state index is 0.0415. The first-order chi connectivity index (χ1) is 9.00. The van der Waals surface area contributed by atoms with Gasteiger partial charge in [0.25, 0.3) is 5.88 Å². The highest BCUT2D eigenvalue weighted by atomic mass is 16.5. The molecule has 96 valence electrons. The zero-order chi connectivity index (χ0) is 13.9. The maximum Gasteiger partial charge on any atom is 0.256 e. The third kappa shape index (κ3) is 3.08. The van der Waals surface area contributed by atoms with E-state index in [1.165, 1.54) is 6.20 Å². The van der Waals surface area contributed by atoms with Crippen molar-refractivity contribution < 1.29 is 4.74 Å². The van der Waals surface area contributed by atoms with Crippen molar-refractivity contribution in [3.63, 3.8) is 0 Å². The summed E-state index contributed by atoms with van der Waals surface area (Å²) < 4.78 is 5.64. The van der Waals surface area contributed by atoms with Crippen molar-refractivity contribution in [2.75, 3.05) is 0 Å².